The van der Waals surface area contributed by atoms with E-state index >= 15 is 0 Å². The molecule has 25 heteroatoms. The Morgan fingerprint density at radius 3 is 1.18 bits per heavy atom. The van der Waals surface area contributed by atoms with Crippen molar-refractivity contribution >= 4 is 25.7 Å². The van der Waals surface area contributed by atoms with E-state index in [0.717, 1.165) is 109 Å². The Hall–Kier alpha value is -2.30. The van der Waals surface area contributed by atoms with Gasteiger partial charge < -0.3 is 89.1 Å². The Bertz CT molecular complexity index is 2150. The summed E-state index contributed by atoms with van der Waals surface area (Å²) in [5.74, 6) is -1.30. The van der Waals surface area contributed by atoms with E-state index in [9.17, 15) is 74.9 Å². The second-order valence-electron chi connectivity index (χ2n) is 29.1. The normalized spacial score (nSPS) is 27.5. The number of unbranched alkanes of at least 4 members (excludes halogenated alkanes) is 35. The van der Waals surface area contributed by atoms with Gasteiger partial charge in [-0.15, -0.1) is 0 Å². The molecule has 24 nitrogen and oxygen atoms in total. The molecule has 2 saturated heterocycles. The molecule has 594 valence electrons. The molecule has 0 spiro atoms. The number of rotatable bonds is 62. The van der Waals surface area contributed by atoms with E-state index in [1.807, 2.05) is 0 Å². The van der Waals surface area contributed by atoms with Gasteiger partial charge in [0, 0.05) is 19.3 Å². The van der Waals surface area contributed by atoms with Crippen LogP contribution in [0.5, 0.6) is 0 Å². The zero-order valence-electron chi connectivity index (χ0n) is 62.4. The topological polar surface area (TPSA) is 374 Å². The highest BCUT2D eigenvalue weighted by Crippen LogP contribution is 2.49. The van der Waals surface area contributed by atoms with Crippen LogP contribution >= 0.6 is 7.82 Å². The van der Waals surface area contributed by atoms with E-state index in [1.54, 1.807) is 0 Å². The summed E-state index contributed by atoms with van der Waals surface area (Å²) in [5.41, 5.74) is 0. The van der Waals surface area contributed by atoms with Crippen LogP contribution in [0.25, 0.3) is 0 Å². The number of phosphoric acid groups is 1. The van der Waals surface area contributed by atoms with E-state index in [1.165, 1.54) is 141 Å². The average molecular weight is 1470 g/mol. The number of esters is 3. The molecule has 3 aliphatic rings. The minimum atomic E-state index is -5.70. The Balaban J connectivity index is 1.72. The molecule has 3 fully saturated rings. The molecule has 1 saturated carbocycles. The summed E-state index contributed by atoms with van der Waals surface area (Å²) in [5, 5.41) is 110. The highest BCUT2D eigenvalue weighted by atomic mass is 31.2. The standard InChI is InChI=1S/C76H141O24P/c1-5-8-11-14-17-19-21-23-25-27-29-31-33-39-44-49-60(78)92-53-57(95-62(80)51-46-41-36-35-38-43-48-56(4)47-42-37-16-13-10-7-3)54-94-101(90,91)100-74-72(98-75-70(88)65(83)63(81)58(52-77)96-75)68(86)67(85)69(87)73(74)99-76-71(89)66(84)64(82)59(97-76)55-93-61(79)50-45-40-34-32-30-28-26-24-22-20-18-15-12-9-6-2/h20,22,56-59,63-77,81-89H,5-19,21,23-55H2,1-4H3,(H,90,91)/b22-20-. The largest absolute Gasteiger partial charge is 0.472 e. The Morgan fingerprint density at radius 1 is 0.406 bits per heavy atom. The highest BCUT2D eigenvalue weighted by molar-refractivity contribution is 7.47. The average Bonchev–Trinajstić information content (AvgIpc) is 0.762. The Labute approximate surface area is 605 Å². The van der Waals surface area contributed by atoms with Crippen molar-refractivity contribution in [3.8, 4) is 0 Å². The van der Waals surface area contributed by atoms with Gasteiger partial charge in [0.2, 0.25) is 0 Å². The van der Waals surface area contributed by atoms with Gasteiger partial charge >= 0.3 is 25.7 Å². The molecular formula is C76H141O24P. The summed E-state index contributed by atoms with van der Waals surface area (Å²) < 4.78 is 65.2. The molecule has 11 N–H and O–H groups in total. The molecule has 1 aliphatic carbocycles. The Morgan fingerprint density at radius 2 is 0.752 bits per heavy atom. The molecule has 0 amide bonds. The number of hydrogen-bond donors (Lipinski definition) is 11. The third-order valence-electron chi connectivity index (χ3n) is 19.9. The number of aliphatic hydroxyl groups excluding tert-OH is 10. The van der Waals surface area contributed by atoms with Gasteiger partial charge in [0.15, 0.2) is 18.7 Å². The monoisotopic (exact) mass is 1470 g/mol. The molecule has 0 bridgehead atoms. The lowest BCUT2D eigenvalue weighted by Crippen LogP contribution is -2.69. The van der Waals surface area contributed by atoms with E-state index in [4.69, 9.17) is 42.2 Å². The van der Waals surface area contributed by atoms with E-state index in [2.05, 4.69) is 39.8 Å². The van der Waals surface area contributed by atoms with Gasteiger partial charge in [-0.05, 0) is 50.9 Å². The first-order valence-corrected chi connectivity index (χ1v) is 41.4. The molecule has 0 aromatic heterocycles. The van der Waals surface area contributed by atoms with Crippen molar-refractivity contribution in [2.45, 2.75) is 421 Å². The predicted octanol–water partition coefficient (Wildman–Crippen LogP) is 11.8. The van der Waals surface area contributed by atoms with Crippen LogP contribution in [0.1, 0.15) is 317 Å². The minimum absolute atomic E-state index is 0.0244. The second-order valence-corrected chi connectivity index (χ2v) is 30.5. The first kappa shape index (κ1) is 92.9. The lowest BCUT2D eigenvalue weighted by Gasteiger charge is -2.49. The van der Waals surface area contributed by atoms with Crippen LogP contribution in [-0.2, 0) is 61.2 Å². The zero-order valence-corrected chi connectivity index (χ0v) is 63.3. The van der Waals surface area contributed by atoms with E-state index in [-0.39, 0.29) is 19.3 Å². The fraction of sp³-hybridized carbons (Fsp3) is 0.934. The van der Waals surface area contributed by atoms with Gasteiger partial charge in [-0.25, -0.2) is 4.57 Å². The predicted molar refractivity (Wildman–Crippen MR) is 384 cm³/mol. The summed E-state index contributed by atoms with van der Waals surface area (Å²) in [6, 6.07) is 0. The smallest absolute Gasteiger partial charge is 0.463 e. The van der Waals surface area contributed by atoms with Gasteiger partial charge in [-0.2, -0.15) is 0 Å². The van der Waals surface area contributed by atoms with Crippen LogP contribution in [-0.4, -0.2) is 204 Å². The van der Waals surface area contributed by atoms with Crippen molar-refractivity contribution < 1.29 is 117 Å². The number of carbonyl (C=O) groups is 3. The van der Waals surface area contributed by atoms with Crippen LogP contribution in [0.4, 0.5) is 0 Å². The SMILES string of the molecule is CCCCCC/C=C\CCCCCCCCCC(=O)OCC1OC(OC2C(O)C(O)C(O)C(OC3OC(CO)C(O)C(O)C3O)C2OP(=O)(O)OCC(COC(=O)CCCCCCCCCCCCCCCCC)OC(=O)CCCCCCCCC(C)CCCCCCCC)C(O)C(O)C1O. The van der Waals surface area contributed by atoms with E-state index < -0.39 is 156 Å². The number of carbonyl (C=O) groups excluding carboxylic acids is 3. The highest BCUT2D eigenvalue weighted by Gasteiger charge is 2.58. The lowest BCUT2D eigenvalue weighted by molar-refractivity contribution is -0.360. The summed E-state index contributed by atoms with van der Waals surface area (Å²) in [4.78, 5) is 51.2. The molecule has 2 heterocycles. The molecular weight excluding hydrogens is 1330 g/mol. The third kappa shape index (κ3) is 39.9. The maximum atomic E-state index is 14.4. The summed E-state index contributed by atoms with van der Waals surface area (Å²) in [6.45, 7) is 5.79. The first-order chi connectivity index (χ1) is 48.7. The number of allylic oxidation sites excluding steroid dienone is 2. The molecule has 0 aromatic carbocycles. The maximum absolute atomic E-state index is 14.4. The van der Waals surface area contributed by atoms with Crippen LogP contribution < -0.4 is 0 Å². The van der Waals surface area contributed by atoms with Crippen molar-refractivity contribution in [2.24, 2.45) is 5.92 Å². The van der Waals surface area contributed by atoms with Gasteiger partial charge in [0.1, 0.15) is 98.7 Å². The second kappa shape index (κ2) is 56.9. The number of hydrogen-bond acceptors (Lipinski definition) is 23. The van der Waals surface area contributed by atoms with Crippen molar-refractivity contribution in [3.05, 3.63) is 12.2 Å². The third-order valence-corrected chi connectivity index (χ3v) is 20.9. The lowest BCUT2D eigenvalue weighted by atomic mass is 9.84. The Kier molecular flexibility index (Phi) is 52.4. The van der Waals surface area contributed by atoms with Crippen molar-refractivity contribution in [2.75, 3.05) is 26.4 Å². The summed E-state index contributed by atoms with van der Waals surface area (Å²) in [7, 11) is -5.70. The van der Waals surface area contributed by atoms with Crippen LogP contribution in [0, 0.1) is 5.92 Å². The van der Waals surface area contributed by atoms with Crippen LogP contribution in [0.2, 0.25) is 0 Å². The molecule has 3 rings (SSSR count). The summed E-state index contributed by atoms with van der Waals surface area (Å²) >= 11 is 0. The molecule has 19 unspecified atom stereocenters. The molecule has 2 aliphatic heterocycles. The van der Waals surface area contributed by atoms with Crippen molar-refractivity contribution in [3.63, 3.8) is 0 Å². The molecule has 19 atom stereocenters. The van der Waals surface area contributed by atoms with Gasteiger partial charge in [0.25, 0.3) is 0 Å². The van der Waals surface area contributed by atoms with Gasteiger partial charge in [-0.3, -0.25) is 23.4 Å². The van der Waals surface area contributed by atoms with Crippen LogP contribution in [0.3, 0.4) is 0 Å². The fourth-order valence-corrected chi connectivity index (χ4v) is 14.3. The summed E-state index contributed by atoms with van der Waals surface area (Å²) in [6.07, 6.45) is 15.4. The maximum Gasteiger partial charge on any atom is 0.472 e. The zero-order chi connectivity index (χ0) is 74.1. The van der Waals surface area contributed by atoms with Crippen molar-refractivity contribution in [1.82, 2.24) is 0 Å². The minimum Gasteiger partial charge on any atom is -0.463 e. The molecule has 0 radical (unpaired) electrons. The van der Waals surface area contributed by atoms with Gasteiger partial charge in [-0.1, -0.05) is 265 Å². The van der Waals surface area contributed by atoms with Crippen molar-refractivity contribution in [1.29, 1.82) is 0 Å². The first-order valence-electron chi connectivity index (χ1n) is 39.9. The number of aliphatic hydroxyl groups is 10. The molecule has 101 heavy (non-hydrogen) atoms. The van der Waals surface area contributed by atoms with Gasteiger partial charge in [0.05, 0.1) is 13.2 Å². The molecule has 0 aromatic rings. The quantitative estimate of drug-likeness (QED) is 0.00886. The van der Waals surface area contributed by atoms with E-state index in [0.29, 0.717) is 25.2 Å². The number of ether oxygens (including phenoxy) is 7. The van der Waals surface area contributed by atoms with Crippen LogP contribution in [0.15, 0.2) is 12.2 Å². The fourth-order valence-electron chi connectivity index (χ4n) is 13.4. The number of phosphoric ester groups is 1.